The molecule has 0 unspecified atom stereocenters. The smallest absolute Gasteiger partial charge is 0.257 e. The Bertz CT molecular complexity index is 1280. The van der Waals surface area contributed by atoms with Crippen LogP contribution in [0.25, 0.3) is 11.1 Å². The van der Waals surface area contributed by atoms with Crippen LogP contribution in [0.5, 0.6) is 0 Å². The number of oxazole rings is 1. The molecule has 6 rings (SSSR count). The molecule has 6 nitrogen and oxygen atoms in total. The monoisotopic (exact) mass is 507 g/mol. The van der Waals surface area contributed by atoms with E-state index in [0.29, 0.717) is 17.2 Å². The van der Waals surface area contributed by atoms with E-state index in [9.17, 15) is 19.8 Å². The fraction of sp³-hybridized carbons (Fsp3) is 0.552. The Kier molecular flexibility index (Phi) is 5.46. The summed E-state index contributed by atoms with van der Waals surface area (Å²) < 4.78 is 5.77. The Morgan fingerprint density at radius 1 is 1.28 bits per heavy atom. The minimum absolute atomic E-state index is 0.0157. The number of hydrogen-bond donors (Lipinski definition) is 2. The standard InChI is InChI=1S/C29H33NO5S/c1-16-12-20-19-9-8-17-13-18(31)10-11-27(17,2)25(19)22(32)14-28(20,3)29(16,34)24(33)15-36-26-30-21-6-4-5-7-23(21)35-26/h4-7,10-11,13,16,19-20,22,25,32,34H,8-9,12,14-15H2,1-3H3/t16-,19+,20+,22+,25-,27+,28+,29+/m1/s1. The van der Waals surface area contributed by atoms with E-state index in [1.54, 1.807) is 12.2 Å². The fourth-order valence-corrected chi connectivity index (χ4v) is 9.19. The number of aliphatic hydroxyl groups excluding tert-OH is 1. The molecule has 0 saturated heterocycles. The van der Waals surface area contributed by atoms with Gasteiger partial charge in [-0.15, -0.1) is 0 Å². The molecule has 8 atom stereocenters. The summed E-state index contributed by atoms with van der Waals surface area (Å²) in [4.78, 5) is 30.2. The van der Waals surface area contributed by atoms with Gasteiger partial charge in [0.1, 0.15) is 11.1 Å². The molecule has 0 spiro atoms. The highest BCUT2D eigenvalue weighted by molar-refractivity contribution is 7.99. The van der Waals surface area contributed by atoms with Gasteiger partial charge in [-0.3, -0.25) is 9.59 Å². The summed E-state index contributed by atoms with van der Waals surface area (Å²) in [7, 11) is 0. The van der Waals surface area contributed by atoms with Crippen molar-refractivity contribution < 1.29 is 24.2 Å². The van der Waals surface area contributed by atoms with Crippen molar-refractivity contribution in [3.63, 3.8) is 0 Å². The maximum absolute atomic E-state index is 13.7. The van der Waals surface area contributed by atoms with Crippen molar-refractivity contribution in [2.75, 3.05) is 5.75 Å². The number of allylic oxidation sites excluding steroid dienone is 4. The van der Waals surface area contributed by atoms with Crippen LogP contribution in [0, 0.1) is 34.5 Å². The molecule has 1 heterocycles. The molecular weight excluding hydrogens is 474 g/mol. The summed E-state index contributed by atoms with van der Waals surface area (Å²) >= 11 is 1.22. The lowest BCUT2D eigenvalue weighted by Crippen LogP contribution is -2.62. The van der Waals surface area contributed by atoms with Gasteiger partial charge in [0.05, 0.1) is 11.9 Å². The van der Waals surface area contributed by atoms with Crippen LogP contribution in [-0.4, -0.2) is 44.2 Å². The molecular formula is C29H33NO5S. The van der Waals surface area contributed by atoms with E-state index in [2.05, 4.69) is 11.9 Å². The molecule has 1 aromatic heterocycles. The molecule has 2 N–H and O–H groups in total. The third-order valence-electron chi connectivity index (χ3n) is 10.1. The lowest BCUT2D eigenvalue weighted by molar-refractivity contribution is -0.179. The molecule has 190 valence electrons. The molecule has 3 fully saturated rings. The first kappa shape index (κ1) is 24.1. The molecule has 7 heteroatoms. The second-order valence-corrected chi connectivity index (χ2v) is 12.7. The van der Waals surface area contributed by atoms with E-state index in [1.165, 1.54) is 11.8 Å². The minimum Gasteiger partial charge on any atom is -0.431 e. The number of para-hydroxylation sites is 2. The van der Waals surface area contributed by atoms with Crippen LogP contribution >= 0.6 is 11.8 Å². The summed E-state index contributed by atoms with van der Waals surface area (Å²) in [6.07, 6.45) is 7.48. The average molecular weight is 508 g/mol. The van der Waals surface area contributed by atoms with Crippen LogP contribution < -0.4 is 0 Å². The molecule has 4 aliphatic rings. The van der Waals surface area contributed by atoms with E-state index in [1.807, 2.05) is 44.2 Å². The molecule has 4 aliphatic carbocycles. The lowest BCUT2D eigenvalue weighted by atomic mass is 9.46. The summed E-state index contributed by atoms with van der Waals surface area (Å²) in [5.41, 5.74) is -0.103. The SMILES string of the molecule is C[C@@H]1C[C@H]2[C@@H]3CCC4=CC(=O)C=C[C@]4(C)[C@H]3[C@@H](O)C[C@]2(C)[C@@]1(O)C(=O)CSc1nc2ccccc2o1. The van der Waals surface area contributed by atoms with Gasteiger partial charge in [-0.2, -0.15) is 0 Å². The summed E-state index contributed by atoms with van der Waals surface area (Å²) in [5.74, 6) is -0.0932. The van der Waals surface area contributed by atoms with Crippen LogP contribution in [0.1, 0.15) is 46.5 Å². The van der Waals surface area contributed by atoms with Crippen molar-refractivity contribution >= 4 is 34.4 Å². The number of hydrogen-bond acceptors (Lipinski definition) is 7. The minimum atomic E-state index is -1.53. The first-order chi connectivity index (χ1) is 17.1. The van der Waals surface area contributed by atoms with Crippen molar-refractivity contribution in [2.24, 2.45) is 34.5 Å². The van der Waals surface area contributed by atoms with Gasteiger partial charge < -0.3 is 14.6 Å². The third-order valence-corrected chi connectivity index (χ3v) is 10.9. The summed E-state index contributed by atoms with van der Waals surface area (Å²) in [6.45, 7) is 6.12. The first-order valence-corrected chi connectivity index (χ1v) is 13.9. The van der Waals surface area contributed by atoms with Gasteiger partial charge in [0, 0.05) is 16.7 Å². The van der Waals surface area contributed by atoms with Crippen LogP contribution in [0.4, 0.5) is 0 Å². The number of rotatable bonds is 4. The topological polar surface area (TPSA) is 101 Å². The zero-order chi connectivity index (χ0) is 25.5. The molecule has 0 radical (unpaired) electrons. The van der Waals surface area contributed by atoms with E-state index >= 15 is 0 Å². The van der Waals surface area contributed by atoms with E-state index in [-0.39, 0.29) is 46.4 Å². The number of ketones is 2. The van der Waals surface area contributed by atoms with Crippen LogP contribution in [0.15, 0.2) is 57.7 Å². The summed E-state index contributed by atoms with van der Waals surface area (Å²) in [6, 6.07) is 7.48. The van der Waals surface area contributed by atoms with Crippen molar-refractivity contribution in [2.45, 2.75) is 63.4 Å². The van der Waals surface area contributed by atoms with Gasteiger partial charge >= 0.3 is 0 Å². The quantitative estimate of drug-likeness (QED) is 0.576. The Hall–Kier alpha value is -2.22. The van der Waals surface area contributed by atoms with Gasteiger partial charge in [-0.05, 0) is 67.7 Å². The molecule has 36 heavy (non-hydrogen) atoms. The Morgan fingerprint density at radius 3 is 2.83 bits per heavy atom. The largest absolute Gasteiger partial charge is 0.431 e. The zero-order valence-electron chi connectivity index (χ0n) is 20.9. The maximum Gasteiger partial charge on any atom is 0.257 e. The number of nitrogens with zero attached hydrogens (tertiary/aromatic N) is 1. The van der Waals surface area contributed by atoms with Gasteiger partial charge in [-0.25, -0.2) is 4.98 Å². The number of aliphatic hydroxyl groups is 2. The second kappa shape index (κ2) is 8.14. The highest BCUT2D eigenvalue weighted by Crippen LogP contribution is 2.68. The van der Waals surface area contributed by atoms with Crippen molar-refractivity contribution in [3.8, 4) is 0 Å². The Morgan fingerprint density at radius 2 is 2.06 bits per heavy atom. The second-order valence-electron chi connectivity index (χ2n) is 11.8. The normalized spacial score (nSPS) is 41.5. The molecule has 0 aliphatic heterocycles. The predicted molar refractivity (Wildman–Crippen MR) is 137 cm³/mol. The van der Waals surface area contributed by atoms with E-state index < -0.39 is 17.1 Å². The Balaban J connectivity index is 1.28. The van der Waals surface area contributed by atoms with Gasteiger partial charge in [0.25, 0.3) is 5.22 Å². The van der Waals surface area contributed by atoms with Crippen LogP contribution in [-0.2, 0) is 9.59 Å². The number of benzene rings is 1. The van der Waals surface area contributed by atoms with Gasteiger partial charge in [0.15, 0.2) is 17.1 Å². The van der Waals surface area contributed by atoms with Gasteiger partial charge in [0.2, 0.25) is 0 Å². The van der Waals surface area contributed by atoms with Crippen LogP contribution in [0.3, 0.4) is 0 Å². The van der Waals surface area contributed by atoms with Crippen molar-refractivity contribution in [1.82, 2.24) is 4.98 Å². The third kappa shape index (κ3) is 3.21. The number of fused-ring (bicyclic) bond motifs is 6. The average Bonchev–Trinajstić information content (AvgIpc) is 3.35. The van der Waals surface area contributed by atoms with E-state index in [0.717, 1.165) is 30.4 Å². The number of carbonyl (C=O) groups excluding carboxylic acids is 2. The summed E-state index contributed by atoms with van der Waals surface area (Å²) in [5, 5.41) is 24.1. The molecule has 2 aromatic rings. The highest BCUT2D eigenvalue weighted by Gasteiger charge is 2.70. The van der Waals surface area contributed by atoms with Crippen molar-refractivity contribution in [1.29, 1.82) is 0 Å². The number of Topliss-reactive ketones (excluding diaryl/α,β-unsaturated/α-hetero) is 1. The highest BCUT2D eigenvalue weighted by atomic mass is 32.2. The molecule has 0 amide bonds. The molecule has 1 aromatic carbocycles. The number of carbonyl (C=O) groups is 2. The van der Waals surface area contributed by atoms with Crippen LogP contribution in [0.2, 0.25) is 0 Å². The maximum atomic E-state index is 13.7. The predicted octanol–water partition coefficient (Wildman–Crippen LogP) is 4.74. The molecule has 3 saturated carbocycles. The zero-order valence-corrected chi connectivity index (χ0v) is 21.8. The Labute approximate surface area is 215 Å². The number of thioether (sulfide) groups is 1. The number of aromatic nitrogens is 1. The first-order valence-electron chi connectivity index (χ1n) is 12.9. The van der Waals surface area contributed by atoms with E-state index in [4.69, 9.17) is 4.42 Å². The van der Waals surface area contributed by atoms with Gasteiger partial charge in [-0.1, -0.05) is 56.3 Å². The fourth-order valence-electron chi connectivity index (χ4n) is 8.40. The lowest BCUT2D eigenvalue weighted by Gasteiger charge is -2.59. The molecule has 0 bridgehead atoms. The van der Waals surface area contributed by atoms with Crippen molar-refractivity contribution in [3.05, 3.63) is 48.1 Å².